The number of hydrogen-bond acceptors (Lipinski definition) is 4. The molecular weight excluding hydrogens is 462 g/mol. The Kier molecular flexibility index (Phi) is 6.62. The van der Waals surface area contributed by atoms with Crippen LogP contribution in [-0.2, 0) is 23.6 Å². The van der Waals surface area contributed by atoms with Crippen molar-refractivity contribution in [3.8, 4) is 11.3 Å². The number of aryl methyl sites for hydroxylation is 1. The summed E-state index contributed by atoms with van der Waals surface area (Å²) in [6.45, 7) is 2.18. The molecule has 0 amide bonds. The Morgan fingerprint density at radius 3 is 2.47 bits per heavy atom. The summed E-state index contributed by atoms with van der Waals surface area (Å²) in [5, 5.41) is 2.14. The van der Waals surface area contributed by atoms with Crippen LogP contribution < -0.4 is 9.52 Å². The first-order valence-electron chi connectivity index (χ1n) is 9.93. The maximum Gasteiger partial charge on any atom is 0.242 e. The van der Waals surface area contributed by atoms with Gasteiger partial charge in [-0.3, -0.25) is 0 Å². The van der Waals surface area contributed by atoms with Gasteiger partial charge in [0.15, 0.2) is 4.80 Å². The predicted octanol–water partition coefficient (Wildman–Crippen LogP) is 5.43. The zero-order chi connectivity index (χ0) is 22.7. The molecule has 0 atom stereocenters. The van der Waals surface area contributed by atoms with Crippen molar-refractivity contribution in [1.82, 2.24) is 9.29 Å². The van der Waals surface area contributed by atoms with E-state index < -0.39 is 10.0 Å². The fourth-order valence-electron chi connectivity index (χ4n) is 3.18. The minimum atomic E-state index is -3.80. The Hall–Kier alpha value is -2.71. The van der Waals surface area contributed by atoms with Gasteiger partial charge in [-0.1, -0.05) is 65.7 Å². The van der Waals surface area contributed by atoms with Crippen molar-refractivity contribution in [1.29, 1.82) is 0 Å². The van der Waals surface area contributed by atoms with E-state index >= 15 is 0 Å². The van der Waals surface area contributed by atoms with Gasteiger partial charge in [-0.2, -0.15) is 0 Å². The molecule has 3 aromatic carbocycles. The SMILES string of the molecule is Cc1ccc(CNS(=O)(=O)c2cc(-c3cs/c(=N/c4ccccc4)n3C)ccc2Cl)cc1. The van der Waals surface area contributed by atoms with Gasteiger partial charge in [0.05, 0.1) is 16.4 Å². The van der Waals surface area contributed by atoms with Gasteiger partial charge in [-0.05, 0) is 36.8 Å². The van der Waals surface area contributed by atoms with E-state index in [0.29, 0.717) is 0 Å². The third kappa shape index (κ3) is 5.02. The summed E-state index contributed by atoms with van der Waals surface area (Å²) in [5.74, 6) is 0. The number of nitrogens with zero attached hydrogens (tertiary/aromatic N) is 2. The lowest BCUT2D eigenvalue weighted by molar-refractivity contribution is 0.581. The molecule has 1 heterocycles. The molecule has 0 aliphatic rings. The molecule has 0 aliphatic heterocycles. The number of hydrogen-bond donors (Lipinski definition) is 1. The first-order valence-corrected chi connectivity index (χ1v) is 12.7. The molecule has 4 aromatic rings. The van der Waals surface area contributed by atoms with E-state index in [2.05, 4.69) is 9.71 Å². The molecule has 0 radical (unpaired) electrons. The Morgan fingerprint density at radius 2 is 1.75 bits per heavy atom. The number of aromatic nitrogens is 1. The van der Waals surface area contributed by atoms with E-state index in [0.717, 1.165) is 32.9 Å². The number of thiazole rings is 1. The van der Waals surface area contributed by atoms with E-state index in [9.17, 15) is 8.42 Å². The molecule has 0 bridgehead atoms. The van der Waals surface area contributed by atoms with Crippen molar-refractivity contribution in [2.45, 2.75) is 18.4 Å². The number of halogens is 1. The second-order valence-electron chi connectivity index (χ2n) is 7.37. The lowest BCUT2D eigenvalue weighted by Gasteiger charge is -2.11. The van der Waals surface area contributed by atoms with Crippen molar-refractivity contribution in [3.05, 3.63) is 99.1 Å². The fourth-order valence-corrected chi connectivity index (χ4v) is 5.64. The predicted molar refractivity (Wildman–Crippen MR) is 131 cm³/mol. The molecule has 8 heteroatoms. The number of rotatable bonds is 6. The zero-order valence-electron chi connectivity index (χ0n) is 17.6. The minimum Gasteiger partial charge on any atom is -0.320 e. The van der Waals surface area contributed by atoms with Crippen LogP contribution in [-0.4, -0.2) is 13.0 Å². The van der Waals surface area contributed by atoms with Crippen molar-refractivity contribution in [3.63, 3.8) is 0 Å². The van der Waals surface area contributed by atoms with Crippen LogP contribution in [0.1, 0.15) is 11.1 Å². The van der Waals surface area contributed by atoms with Crippen molar-refractivity contribution < 1.29 is 8.42 Å². The maximum absolute atomic E-state index is 13.0. The summed E-state index contributed by atoms with van der Waals surface area (Å²) in [7, 11) is -1.89. The highest BCUT2D eigenvalue weighted by Crippen LogP contribution is 2.28. The van der Waals surface area contributed by atoms with Crippen LogP contribution in [0.5, 0.6) is 0 Å². The summed E-state index contributed by atoms with van der Waals surface area (Å²) in [4.78, 5) is 5.53. The average Bonchev–Trinajstić information content (AvgIpc) is 3.14. The van der Waals surface area contributed by atoms with Gasteiger partial charge in [0.2, 0.25) is 10.0 Å². The Bertz CT molecular complexity index is 1410. The summed E-state index contributed by atoms with van der Waals surface area (Å²) in [6, 6.07) is 22.4. The molecule has 0 saturated heterocycles. The average molecular weight is 484 g/mol. The highest BCUT2D eigenvalue weighted by molar-refractivity contribution is 7.89. The lowest BCUT2D eigenvalue weighted by Crippen LogP contribution is -2.23. The first kappa shape index (κ1) is 22.5. The molecule has 164 valence electrons. The van der Waals surface area contributed by atoms with E-state index in [4.69, 9.17) is 11.6 Å². The van der Waals surface area contributed by atoms with E-state index in [1.54, 1.807) is 12.1 Å². The van der Waals surface area contributed by atoms with Crippen molar-refractivity contribution >= 4 is 38.6 Å². The molecule has 0 unspecified atom stereocenters. The Balaban J connectivity index is 1.64. The number of para-hydroxylation sites is 1. The molecule has 0 fully saturated rings. The highest BCUT2D eigenvalue weighted by Gasteiger charge is 2.19. The topological polar surface area (TPSA) is 63.5 Å². The molecule has 5 nitrogen and oxygen atoms in total. The van der Waals surface area contributed by atoms with Crippen molar-refractivity contribution in [2.24, 2.45) is 12.0 Å². The summed E-state index contributed by atoms with van der Waals surface area (Å²) < 4.78 is 30.6. The third-order valence-corrected chi connectivity index (χ3v) is 7.81. The second kappa shape index (κ2) is 9.42. The molecule has 1 aromatic heterocycles. The van der Waals surface area contributed by atoms with Crippen LogP contribution in [0.15, 0.2) is 88.1 Å². The van der Waals surface area contributed by atoms with E-state index in [1.807, 2.05) is 84.6 Å². The van der Waals surface area contributed by atoms with Gasteiger partial charge in [-0.25, -0.2) is 18.1 Å². The van der Waals surface area contributed by atoms with Gasteiger partial charge < -0.3 is 4.57 Å². The second-order valence-corrected chi connectivity index (χ2v) is 10.3. The number of benzene rings is 3. The van der Waals surface area contributed by atoms with Crippen LogP contribution in [0.4, 0.5) is 5.69 Å². The van der Waals surface area contributed by atoms with Crippen LogP contribution >= 0.6 is 22.9 Å². The molecule has 4 rings (SSSR count). The normalized spacial score (nSPS) is 12.3. The standard InChI is InChI=1S/C24H22ClN3O2S2/c1-17-8-10-18(11-9-17)15-26-32(29,30)23-14-19(12-13-21(23)25)22-16-31-24(28(22)2)27-20-6-4-3-5-7-20/h3-14,16,26H,15H2,1-2H3/b27-24+. The van der Waals surface area contributed by atoms with Gasteiger partial charge >= 0.3 is 0 Å². The van der Waals surface area contributed by atoms with Crippen LogP contribution in [0.2, 0.25) is 5.02 Å². The Labute approximate surface area is 196 Å². The van der Waals surface area contributed by atoms with E-state index in [1.165, 1.54) is 11.3 Å². The summed E-state index contributed by atoms with van der Waals surface area (Å²) in [6.07, 6.45) is 0. The largest absolute Gasteiger partial charge is 0.320 e. The van der Waals surface area contributed by atoms with Crippen LogP contribution in [0.25, 0.3) is 11.3 Å². The third-order valence-electron chi connectivity index (χ3n) is 5.01. The smallest absolute Gasteiger partial charge is 0.242 e. The first-order chi connectivity index (χ1) is 15.3. The lowest BCUT2D eigenvalue weighted by atomic mass is 10.2. The molecule has 0 saturated carbocycles. The quantitative estimate of drug-likeness (QED) is 0.397. The van der Waals surface area contributed by atoms with E-state index in [-0.39, 0.29) is 16.5 Å². The highest BCUT2D eigenvalue weighted by atomic mass is 35.5. The van der Waals surface area contributed by atoms with Crippen LogP contribution in [0.3, 0.4) is 0 Å². The number of sulfonamides is 1. The number of nitrogens with one attached hydrogen (secondary N) is 1. The molecule has 32 heavy (non-hydrogen) atoms. The van der Waals surface area contributed by atoms with Gasteiger partial charge in [0.1, 0.15) is 4.90 Å². The maximum atomic E-state index is 13.0. The molecular formula is C24H22ClN3O2S2. The zero-order valence-corrected chi connectivity index (χ0v) is 20.0. The van der Waals surface area contributed by atoms with Gasteiger partial charge in [0.25, 0.3) is 0 Å². The summed E-state index contributed by atoms with van der Waals surface area (Å²) >= 11 is 7.77. The minimum absolute atomic E-state index is 0.0523. The molecule has 0 aliphatic carbocycles. The van der Waals surface area contributed by atoms with Gasteiger partial charge in [0, 0.05) is 24.5 Å². The van der Waals surface area contributed by atoms with Crippen molar-refractivity contribution in [2.75, 3.05) is 0 Å². The van der Waals surface area contributed by atoms with Gasteiger partial charge in [-0.15, -0.1) is 11.3 Å². The fraction of sp³-hybridized carbons (Fsp3) is 0.125. The molecule has 1 N–H and O–H groups in total. The monoisotopic (exact) mass is 483 g/mol. The Morgan fingerprint density at radius 1 is 1.03 bits per heavy atom. The summed E-state index contributed by atoms with van der Waals surface area (Å²) in [5.41, 5.74) is 4.46. The van der Waals surface area contributed by atoms with Crippen LogP contribution in [0, 0.1) is 6.92 Å². The molecule has 0 spiro atoms.